The molecule has 1 amide bonds. The molecule has 2 rings (SSSR count). The van der Waals surface area contributed by atoms with Crippen molar-refractivity contribution in [3.63, 3.8) is 0 Å². The number of carboxylic acid groups (broad SMARTS) is 1. The summed E-state index contributed by atoms with van der Waals surface area (Å²) in [6, 6.07) is 7.82. The van der Waals surface area contributed by atoms with Crippen LogP contribution in [0, 0.1) is 0 Å². The van der Waals surface area contributed by atoms with Gasteiger partial charge in [0.25, 0.3) is 0 Å². The number of carboxylic acids is 1. The second-order valence-electron chi connectivity index (χ2n) is 4.28. The first-order chi connectivity index (χ1) is 9.65. The summed E-state index contributed by atoms with van der Waals surface area (Å²) in [6.45, 7) is 1.03. The summed E-state index contributed by atoms with van der Waals surface area (Å²) in [5.74, 6) is -1.35. The maximum Gasteiger partial charge on any atom is 0.223 e. The Balaban J connectivity index is 2.02. The molecule has 0 aliphatic rings. The average Bonchev–Trinajstić information content (AvgIpc) is 3.08. The van der Waals surface area contributed by atoms with E-state index in [2.05, 4.69) is 0 Å². The molecule has 106 valence electrons. The molecule has 0 aromatic carbocycles. The lowest BCUT2D eigenvalue weighted by atomic mass is 10.2. The van der Waals surface area contributed by atoms with Crippen molar-refractivity contribution in [2.24, 2.45) is 0 Å². The minimum absolute atomic E-state index is 0.0148. The fraction of sp³-hybridized carbons (Fsp3) is 0.286. The Labute approximate surface area is 125 Å². The van der Waals surface area contributed by atoms with Crippen LogP contribution in [0.4, 0.5) is 0 Å². The molecule has 0 unspecified atom stereocenters. The number of hydrogen-bond acceptors (Lipinski definition) is 5. The zero-order chi connectivity index (χ0) is 14.4. The Bertz CT molecular complexity index is 513. The first-order valence-corrected chi connectivity index (χ1v) is 7.93. The molecule has 0 saturated carbocycles. The van der Waals surface area contributed by atoms with Crippen LogP contribution in [0.5, 0.6) is 0 Å². The molecule has 0 atom stereocenters. The minimum Gasteiger partial charge on any atom is -0.550 e. The number of hydrogen-bond donors (Lipinski definition) is 0. The molecule has 0 aliphatic carbocycles. The van der Waals surface area contributed by atoms with Crippen molar-refractivity contribution in [1.29, 1.82) is 0 Å². The summed E-state index contributed by atoms with van der Waals surface area (Å²) in [5.41, 5.74) is 0. The fourth-order valence-electron chi connectivity index (χ4n) is 1.78. The molecule has 0 bridgehead atoms. The SMILES string of the molecule is O=C([O-])CCC(=O)N(Cc1cccs1)Cc1cccs1. The van der Waals surface area contributed by atoms with E-state index in [0.717, 1.165) is 9.75 Å². The largest absolute Gasteiger partial charge is 0.550 e. The number of amides is 1. The maximum atomic E-state index is 12.1. The Morgan fingerprint density at radius 2 is 1.55 bits per heavy atom. The Hall–Kier alpha value is -1.66. The van der Waals surface area contributed by atoms with Gasteiger partial charge >= 0.3 is 0 Å². The normalized spacial score (nSPS) is 10.4. The lowest BCUT2D eigenvalue weighted by Crippen LogP contribution is -2.31. The fourth-order valence-corrected chi connectivity index (χ4v) is 3.22. The number of carbonyl (C=O) groups is 2. The van der Waals surface area contributed by atoms with Crippen molar-refractivity contribution in [1.82, 2.24) is 4.90 Å². The van der Waals surface area contributed by atoms with E-state index in [1.165, 1.54) is 0 Å². The molecule has 6 heteroatoms. The molecule has 0 fully saturated rings. The minimum atomic E-state index is -1.19. The van der Waals surface area contributed by atoms with Gasteiger partial charge in [-0.25, -0.2) is 0 Å². The second-order valence-corrected chi connectivity index (χ2v) is 6.35. The first-order valence-electron chi connectivity index (χ1n) is 6.17. The number of rotatable bonds is 7. The van der Waals surface area contributed by atoms with Gasteiger partial charge in [-0.3, -0.25) is 4.79 Å². The van der Waals surface area contributed by atoms with Crippen molar-refractivity contribution < 1.29 is 14.7 Å². The van der Waals surface area contributed by atoms with Crippen molar-refractivity contribution in [3.05, 3.63) is 44.8 Å². The zero-order valence-electron chi connectivity index (χ0n) is 10.8. The van der Waals surface area contributed by atoms with Gasteiger partial charge in [0.15, 0.2) is 0 Å². The predicted octanol–water partition coefficient (Wildman–Crippen LogP) is 1.87. The molecule has 0 radical (unpaired) electrons. The highest BCUT2D eigenvalue weighted by Gasteiger charge is 2.15. The van der Waals surface area contributed by atoms with Gasteiger partial charge < -0.3 is 14.8 Å². The summed E-state index contributed by atoms with van der Waals surface area (Å²) < 4.78 is 0. The van der Waals surface area contributed by atoms with Crippen LogP contribution in [0.3, 0.4) is 0 Å². The first kappa shape index (κ1) is 14.7. The standard InChI is InChI=1S/C14H15NO3S2/c16-13(5-6-14(17)18)15(9-11-3-1-7-19-11)10-12-4-2-8-20-12/h1-4,7-8H,5-6,9-10H2,(H,17,18)/p-1. The van der Waals surface area contributed by atoms with Gasteiger partial charge in [0.05, 0.1) is 13.1 Å². The van der Waals surface area contributed by atoms with Crippen LogP contribution in [-0.2, 0) is 22.7 Å². The Kier molecular flexibility index (Phi) is 5.31. The van der Waals surface area contributed by atoms with Crippen LogP contribution < -0.4 is 5.11 Å². The monoisotopic (exact) mass is 308 g/mol. The number of carbonyl (C=O) groups excluding carboxylic acids is 2. The molecule has 2 aromatic rings. The van der Waals surface area contributed by atoms with E-state index >= 15 is 0 Å². The lowest BCUT2D eigenvalue weighted by Gasteiger charge is -2.21. The van der Waals surface area contributed by atoms with Gasteiger partial charge in [-0.2, -0.15) is 0 Å². The molecule has 0 saturated heterocycles. The number of aliphatic carboxylic acids is 1. The Morgan fingerprint density at radius 3 is 1.95 bits per heavy atom. The van der Waals surface area contributed by atoms with E-state index < -0.39 is 5.97 Å². The summed E-state index contributed by atoms with van der Waals surface area (Å²) >= 11 is 3.17. The zero-order valence-corrected chi connectivity index (χ0v) is 12.4. The van der Waals surface area contributed by atoms with Gasteiger partial charge in [-0.1, -0.05) is 12.1 Å². The van der Waals surface area contributed by atoms with Crippen LogP contribution in [0.2, 0.25) is 0 Å². The third-order valence-corrected chi connectivity index (χ3v) is 4.47. The second kappa shape index (κ2) is 7.21. The summed E-state index contributed by atoms with van der Waals surface area (Å²) in [7, 11) is 0. The quantitative estimate of drug-likeness (QED) is 0.784. The molecule has 2 aromatic heterocycles. The van der Waals surface area contributed by atoms with Gasteiger partial charge in [0.1, 0.15) is 0 Å². The van der Waals surface area contributed by atoms with Crippen LogP contribution in [0.25, 0.3) is 0 Å². The molecule has 4 nitrogen and oxygen atoms in total. The van der Waals surface area contributed by atoms with Crippen LogP contribution in [0.1, 0.15) is 22.6 Å². The van der Waals surface area contributed by atoms with E-state index in [1.807, 2.05) is 35.0 Å². The third kappa shape index (κ3) is 4.47. The van der Waals surface area contributed by atoms with E-state index in [1.54, 1.807) is 27.6 Å². The van der Waals surface area contributed by atoms with E-state index in [9.17, 15) is 14.7 Å². The summed E-state index contributed by atoms with van der Waals surface area (Å²) in [5, 5.41) is 14.4. The van der Waals surface area contributed by atoms with Gasteiger partial charge in [-0.05, 0) is 29.3 Å². The van der Waals surface area contributed by atoms with Gasteiger partial charge in [0.2, 0.25) is 5.91 Å². The van der Waals surface area contributed by atoms with Gasteiger partial charge in [-0.15, -0.1) is 22.7 Å². The van der Waals surface area contributed by atoms with Gasteiger partial charge in [0, 0.05) is 22.1 Å². The smallest absolute Gasteiger partial charge is 0.223 e. The number of nitrogens with zero attached hydrogens (tertiary/aromatic N) is 1. The molecule has 0 spiro atoms. The highest BCUT2D eigenvalue weighted by molar-refractivity contribution is 7.10. The Morgan fingerprint density at radius 1 is 1.00 bits per heavy atom. The van der Waals surface area contributed by atoms with E-state index in [4.69, 9.17) is 0 Å². The third-order valence-electron chi connectivity index (χ3n) is 2.75. The van der Waals surface area contributed by atoms with Crippen LogP contribution in [0.15, 0.2) is 35.0 Å². The maximum absolute atomic E-state index is 12.1. The highest BCUT2D eigenvalue weighted by atomic mass is 32.1. The molecule has 2 heterocycles. The topological polar surface area (TPSA) is 60.4 Å². The summed E-state index contributed by atoms with van der Waals surface area (Å²) in [4.78, 5) is 26.5. The average molecular weight is 308 g/mol. The van der Waals surface area contributed by atoms with E-state index in [0.29, 0.717) is 13.1 Å². The molecule has 0 N–H and O–H groups in total. The van der Waals surface area contributed by atoms with Crippen molar-refractivity contribution >= 4 is 34.6 Å². The lowest BCUT2D eigenvalue weighted by molar-refractivity contribution is -0.305. The number of thiophene rings is 2. The van der Waals surface area contributed by atoms with Crippen LogP contribution in [-0.4, -0.2) is 16.8 Å². The van der Waals surface area contributed by atoms with Crippen LogP contribution >= 0.6 is 22.7 Å². The molecule has 0 aliphatic heterocycles. The molecular formula is C14H14NO3S2-. The highest BCUT2D eigenvalue weighted by Crippen LogP contribution is 2.18. The van der Waals surface area contributed by atoms with Crippen molar-refractivity contribution in [2.75, 3.05) is 0 Å². The summed E-state index contributed by atoms with van der Waals surface area (Å²) in [6.07, 6.45) is -0.247. The van der Waals surface area contributed by atoms with Crippen molar-refractivity contribution in [2.45, 2.75) is 25.9 Å². The molecule has 20 heavy (non-hydrogen) atoms. The van der Waals surface area contributed by atoms with Crippen molar-refractivity contribution in [3.8, 4) is 0 Å². The molecular weight excluding hydrogens is 294 g/mol. The van der Waals surface area contributed by atoms with E-state index in [-0.39, 0.29) is 18.7 Å². The predicted molar refractivity (Wildman–Crippen MR) is 77.1 cm³/mol.